The second-order valence-electron chi connectivity index (χ2n) is 28.9. The van der Waals surface area contributed by atoms with Gasteiger partial charge in [0.1, 0.15) is 33.3 Å². The van der Waals surface area contributed by atoms with Crippen LogP contribution in [0.2, 0.25) is 0 Å². The highest BCUT2D eigenvalue weighted by molar-refractivity contribution is 6.13. The molecule has 9 heterocycles. The summed E-state index contributed by atoms with van der Waals surface area (Å²) in [4.78, 5) is 15.0. The lowest BCUT2D eigenvalue weighted by atomic mass is 9.99. The molecule has 9 aromatic heterocycles. The molecule has 0 bridgehead atoms. The van der Waals surface area contributed by atoms with Crippen LogP contribution in [0.5, 0.6) is 0 Å². The Bertz CT molecular complexity index is 7740. The van der Waals surface area contributed by atoms with Crippen LogP contribution >= 0.6 is 0 Å². The predicted molar refractivity (Wildman–Crippen MR) is 470 cm³/mol. The number of hydrogen-bond donors (Lipinski definition) is 0. The number of benzene rings is 15. The van der Waals surface area contributed by atoms with Crippen LogP contribution in [0.1, 0.15) is 0 Å². The van der Waals surface area contributed by atoms with Gasteiger partial charge in [0.2, 0.25) is 0 Å². The lowest BCUT2D eigenvalue weighted by molar-refractivity contribution is 0.668. The molecule has 114 heavy (non-hydrogen) atoms. The van der Waals surface area contributed by atoms with Crippen LogP contribution in [0, 0.1) is 0 Å². The number of aromatic nitrogens is 6. The van der Waals surface area contributed by atoms with Gasteiger partial charge in [-0.25, -0.2) is 15.0 Å². The van der Waals surface area contributed by atoms with Crippen molar-refractivity contribution in [2.75, 3.05) is 0 Å². The summed E-state index contributed by atoms with van der Waals surface area (Å²) in [5.74, 6) is 0. The summed E-state index contributed by atoms with van der Waals surface area (Å²) < 4.78 is 25.0. The van der Waals surface area contributed by atoms with Gasteiger partial charge in [-0.1, -0.05) is 243 Å². The van der Waals surface area contributed by atoms with Crippen LogP contribution in [0.15, 0.2) is 414 Å². The van der Waals surface area contributed by atoms with Gasteiger partial charge in [-0.05, 0) is 186 Å². The molecule has 534 valence electrons. The molecule has 15 aromatic carbocycles. The van der Waals surface area contributed by atoms with Crippen molar-refractivity contribution in [1.82, 2.24) is 28.7 Å². The molecule has 0 unspecified atom stereocenters. The maximum absolute atomic E-state index is 6.00. The second-order valence-corrected chi connectivity index (χ2v) is 28.9. The van der Waals surface area contributed by atoms with Crippen molar-refractivity contribution >= 4 is 132 Å². The van der Waals surface area contributed by atoms with Gasteiger partial charge in [-0.3, -0.25) is 0 Å². The summed E-state index contributed by atoms with van der Waals surface area (Å²) in [6, 6.07) is 140. The first-order chi connectivity index (χ1) is 56.5. The molecule has 0 aliphatic rings. The van der Waals surface area contributed by atoms with Crippen LogP contribution in [0.4, 0.5) is 0 Å². The van der Waals surface area contributed by atoms with Gasteiger partial charge in [-0.2, -0.15) is 0 Å². The van der Waals surface area contributed by atoms with Gasteiger partial charge >= 0.3 is 0 Å². The SMILES string of the molecule is c1cc(-c2ccc(-n3c4ccccc4c4ccccc43)cc2)cc(-c2ccc3oc4ccccc4c3n2)c1.c1cc(-c2ccc3oc4ccccc4c3n2)cc(-c2ccccc2-n2c3ccccc3c3ccccc32)c1.c1cc(-c2cccc(-n3c4ccccc4c4ccccc43)c2)cc(-c2ccc3oc4ccccc4c3n2)c1. The standard InChI is InChI=1S/3C35H22N2O/c1-5-16-30(37-31-17-6-2-13-26(31)27-14-3-7-18-32(27)37)25(12-1)23-10-9-11-24(22-23)29-20-21-34-35(36-29)28-15-4-8-19-33(28)38-34;1-4-16-31-27(13-1)28-14-2-5-17-32(28)37(31)26-12-8-10-24(22-26)23-9-7-11-25(21-23)30-19-20-34-35(36-30)29-15-3-6-18-33(29)38-34;1-4-13-31-27(10-1)28-11-2-5-14-32(28)37(31)26-18-16-23(17-19-26)24-8-7-9-25(22-24)30-20-21-34-35(36-30)29-12-3-6-15-33(29)38-34/h3*1-22H. The normalized spacial score (nSPS) is 11.7. The highest BCUT2D eigenvalue weighted by atomic mass is 16.3. The first kappa shape index (κ1) is 65.6. The molecule has 0 saturated heterocycles. The molecule has 0 spiro atoms. The third-order valence-electron chi connectivity index (χ3n) is 22.2. The highest BCUT2D eigenvalue weighted by Gasteiger charge is 2.20. The van der Waals surface area contributed by atoms with E-state index in [1.54, 1.807) is 0 Å². The number of nitrogens with zero attached hydrogens (tertiary/aromatic N) is 6. The van der Waals surface area contributed by atoms with E-state index in [1.807, 2.05) is 91.0 Å². The Hall–Kier alpha value is -15.5. The first-order valence-electron chi connectivity index (χ1n) is 38.4. The number of fused-ring (bicyclic) bond motifs is 18. The Labute approximate surface area is 654 Å². The average molecular weight is 1460 g/mol. The molecule has 0 N–H and O–H groups in total. The second kappa shape index (κ2) is 27.3. The quantitative estimate of drug-likeness (QED) is 0.143. The van der Waals surface area contributed by atoms with E-state index in [2.05, 4.69) is 323 Å². The molecular formula is C105H66N6O3. The molecule has 9 heteroatoms. The molecule has 0 fully saturated rings. The number of pyridine rings is 3. The minimum absolute atomic E-state index is 0.808. The van der Waals surface area contributed by atoms with Crippen molar-refractivity contribution in [2.24, 2.45) is 0 Å². The minimum atomic E-state index is 0.808. The van der Waals surface area contributed by atoms with E-state index in [1.165, 1.54) is 82.1 Å². The highest BCUT2D eigenvalue weighted by Crippen LogP contribution is 2.42. The van der Waals surface area contributed by atoms with Crippen LogP contribution in [-0.4, -0.2) is 28.7 Å². The summed E-state index contributed by atoms with van der Waals surface area (Å²) in [5, 5.41) is 10.7. The largest absolute Gasteiger partial charge is 0.454 e. The molecule has 0 aliphatic heterocycles. The number of rotatable bonds is 9. The van der Waals surface area contributed by atoms with Crippen LogP contribution in [-0.2, 0) is 0 Å². The molecule has 0 aliphatic carbocycles. The van der Waals surface area contributed by atoms with E-state index in [9.17, 15) is 0 Å². The van der Waals surface area contributed by atoms with Crippen molar-refractivity contribution < 1.29 is 13.3 Å². The third kappa shape index (κ3) is 11.3. The Kier molecular flexibility index (Phi) is 15.7. The minimum Gasteiger partial charge on any atom is -0.454 e. The smallest absolute Gasteiger partial charge is 0.153 e. The molecule has 0 saturated carbocycles. The molecule has 24 aromatic rings. The molecule has 24 rings (SSSR count). The zero-order chi connectivity index (χ0) is 75.2. The maximum atomic E-state index is 6.00. The van der Waals surface area contributed by atoms with E-state index in [4.69, 9.17) is 28.2 Å². The van der Waals surface area contributed by atoms with Crippen LogP contribution in [0.3, 0.4) is 0 Å². The Morgan fingerprint density at radius 3 is 0.886 bits per heavy atom. The predicted octanol–water partition coefficient (Wildman–Crippen LogP) is 28.2. The molecule has 9 nitrogen and oxygen atoms in total. The lowest BCUT2D eigenvalue weighted by Gasteiger charge is -2.14. The van der Waals surface area contributed by atoms with Crippen molar-refractivity contribution in [2.45, 2.75) is 0 Å². The third-order valence-corrected chi connectivity index (χ3v) is 22.2. The summed E-state index contributed by atoms with van der Waals surface area (Å²) in [6.45, 7) is 0. The summed E-state index contributed by atoms with van der Waals surface area (Å²) in [5.41, 5.74) is 31.5. The summed E-state index contributed by atoms with van der Waals surface area (Å²) >= 11 is 0. The number of hydrogen-bond acceptors (Lipinski definition) is 6. The van der Waals surface area contributed by atoms with Crippen molar-refractivity contribution in [3.05, 3.63) is 400 Å². The first-order valence-corrected chi connectivity index (χ1v) is 38.4. The monoisotopic (exact) mass is 1460 g/mol. The van der Waals surface area contributed by atoms with Gasteiger partial charge in [0.15, 0.2) is 16.7 Å². The van der Waals surface area contributed by atoms with Crippen molar-refractivity contribution in [1.29, 1.82) is 0 Å². The van der Waals surface area contributed by atoms with Gasteiger partial charge < -0.3 is 27.0 Å². The number of furan rings is 3. The Morgan fingerprint density at radius 1 is 0.175 bits per heavy atom. The zero-order valence-electron chi connectivity index (χ0n) is 61.5. The van der Waals surface area contributed by atoms with Gasteiger partial charge in [0.05, 0.1) is 55.9 Å². The Balaban J connectivity index is 0.000000104. The van der Waals surface area contributed by atoms with Crippen LogP contribution in [0.25, 0.3) is 216 Å². The Morgan fingerprint density at radius 2 is 0.474 bits per heavy atom. The van der Waals surface area contributed by atoms with E-state index < -0.39 is 0 Å². The maximum Gasteiger partial charge on any atom is 0.153 e. The van der Waals surface area contributed by atoms with Gasteiger partial charge in [0, 0.05) is 82.1 Å². The van der Waals surface area contributed by atoms with Crippen LogP contribution < -0.4 is 0 Å². The summed E-state index contributed by atoms with van der Waals surface area (Å²) in [6.07, 6.45) is 0. The number of para-hydroxylation sites is 10. The van der Waals surface area contributed by atoms with E-state index in [-0.39, 0.29) is 0 Å². The average Bonchev–Trinajstić information content (AvgIpc) is 1.60. The fourth-order valence-electron chi connectivity index (χ4n) is 16.9. The van der Waals surface area contributed by atoms with Crippen molar-refractivity contribution in [3.63, 3.8) is 0 Å². The van der Waals surface area contributed by atoms with E-state index in [0.29, 0.717) is 0 Å². The molecule has 0 amide bonds. The van der Waals surface area contributed by atoms with E-state index in [0.717, 1.165) is 134 Å². The van der Waals surface area contributed by atoms with Gasteiger partial charge in [0.25, 0.3) is 0 Å². The topological polar surface area (TPSA) is 92.9 Å². The fraction of sp³-hybridized carbons (Fsp3) is 0. The lowest BCUT2D eigenvalue weighted by Crippen LogP contribution is -1.97. The summed E-state index contributed by atoms with van der Waals surface area (Å²) in [7, 11) is 0. The van der Waals surface area contributed by atoms with Crippen molar-refractivity contribution in [3.8, 4) is 84.2 Å². The molecular weight excluding hydrogens is 1390 g/mol. The van der Waals surface area contributed by atoms with E-state index >= 15 is 0 Å². The zero-order valence-corrected chi connectivity index (χ0v) is 61.5. The van der Waals surface area contributed by atoms with Gasteiger partial charge in [-0.15, -0.1) is 0 Å². The molecule has 0 atom stereocenters. The molecule has 0 radical (unpaired) electrons. The fourth-order valence-corrected chi connectivity index (χ4v) is 16.9.